The molecule has 0 unspecified atom stereocenters. The molecule has 1 saturated heterocycles. The average Bonchev–Trinajstić information content (AvgIpc) is 3.08. The summed E-state index contributed by atoms with van der Waals surface area (Å²) >= 11 is 1.46. The highest BCUT2D eigenvalue weighted by atomic mass is 32.2. The Morgan fingerprint density at radius 1 is 1.27 bits per heavy atom. The number of carbonyl (C=O) groups is 1. The Morgan fingerprint density at radius 3 is 2.81 bits per heavy atom. The number of benzene rings is 1. The van der Waals surface area contributed by atoms with Gasteiger partial charge in [-0.1, -0.05) is 42.1 Å². The van der Waals surface area contributed by atoms with Crippen molar-refractivity contribution in [3.05, 3.63) is 30.3 Å². The van der Waals surface area contributed by atoms with Gasteiger partial charge in [-0.3, -0.25) is 9.36 Å². The molecule has 1 aromatic carbocycles. The second-order valence-corrected chi connectivity index (χ2v) is 7.48. The Morgan fingerprint density at radius 2 is 2.08 bits per heavy atom. The maximum atomic E-state index is 12.6. The van der Waals surface area contributed by atoms with Crippen molar-refractivity contribution in [2.24, 2.45) is 0 Å². The van der Waals surface area contributed by atoms with Gasteiger partial charge in [0.1, 0.15) is 0 Å². The number of thioether (sulfide) groups is 1. The van der Waals surface area contributed by atoms with Crippen molar-refractivity contribution in [1.82, 2.24) is 19.7 Å². The van der Waals surface area contributed by atoms with E-state index in [9.17, 15) is 4.79 Å². The van der Waals surface area contributed by atoms with Crippen LogP contribution >= 0.6 is 11.8 Å². The van der Waals surface area contributed by atoms with Gasteiger partial charge in [0.15, 0.2) is 11.0 Å². The third-order valence-electron chi connectivity index (χ3n) is 4.72. The van der Waals surface area contributed by atoms with E-state index in [0.29, 0.717) is 24.9 Å². The van der Waals surface area contributed by atoms with Crippen LogP contribution in [0.4, 0.5) is 0 Å². The molecule has 0 saturated carbocycles. The predicted molar refractivity (Wildman–Crippen MR) is 103 cm³/mol. The Balaban J connectivity index is 1.72. The molecule has 0 aliphatic carbocycles. The van der Waals surface area contributed by atoms with E-state index < -0.39 is 0 Å². The van der Waals surface area contributed by atoms with Gasteiger partial charge in [0.2, 0.25) is 5.91 Å². The van der Waals surface area contributed by atoms with Gasteiger partial charge in [-0.2, -0.15) is 0 Å². The van der Waals surface area contributed by atoms with Crippen molar-refractivity contribution >= 4 is 17.7 Å². The van der Waals surface area contributed by atoms with Crippen molar-refractivity contribution in [1.29, 1.82) is 0 Å². The highest BCUT2D eigenvalue weighted by Crippen LogP contribution is 2.25. The van der Waals surface area contributed by atoms with E-state index in [4.69, 9.17) is 4.74 Å². The maximum Gasteiger partial charge on any atom is 0.233 e. The Hall–Kier alpha value is -1.86. The number of aromatic nitrogens is 3. The first-order valence-corrected chi connectivity index (χ1v) is 10.1. The van der Waals surface area contributed by atoms with Gasteiger partial charge in [0, 0.05) is 25.3 Å². The van der Waals surface area contributed by atoms with Gasteiger partial charge in [0.25, 0.3) is 0 Å². The number of hydrogen-bond acceptors (Lipinski definition) is 5. The van der Waals surface area contributed by atoms with Crippen LogP contribution in [0.5, 0.6) is 0 Å². The first kappa shape index (κ1) is 18.9. The van der Waals surface area contributed by atoms with Crippen LogP contribution in [-0.2, 0) is 16.1 Å². The molecule has 2 heterocycles. The lowest BCUT2D eigenvalue weighted by molar-refractivity contribution is -0.131. The fourth-order valence-electron chi connectivity index (χ4n) is 3.26. The molecule has 140 valence electrons. The SMILES string of the molecule is COCCn1c(SCC(=O)N2CCCC[C@H]2C)nnc1-c1ccccc1. The number of amides is 1. The van der Waals surface area contributed by atoms with Crippen LogP contribution < -0.4 is 0 Å². The minimum absolute atomic E-state index is 0.185. The van der Waals surface area contributed by atoms with Crippen molar-refractivity contribution < 1.29 is 9.53 Å². The molecule has 0 N–H and O–H groups in total. The van der Waals surface area contributed by atoms with Gasteiger partial charge in [-0.15, -0.1) is 10.2 Å². The van der Waals surface area contributed by atoms with Crippen molar-refractivity contribution in [3.63, 3.8) is 0 Å². The van der Waals surface area contributed by atoms with Crippen LogP contribution in [0.15, 0.2) is 35.5 Å². The number of carbonyl (C=O) groups excluding carboxylic acids is 1. The van der Waals surface area contributed by atoms with E-state index in [0.717, 1.165) is 35.9 Å². The van der Waals surface area contributed by atoms with E-state index in [1.165, 1.54) is 18.2 Å². The standard InChI is InChI=1S/C19H26N4O2S/c1-15-8-6-7-11-22(15)17(24)14-26-19-21-20-18(23(19)12-13-25-2)16-9-4-3-5-10-16/h3-5,9-10,15H,6-8,11-14H2,1-2H3/t15-/m1/s1. The second-order valence-electron chi connectivity index (χ2n) is 6.54. The van der Waals surface area contributed by atoms with Gasteiger partial charge >= 0.3 is 0 Å². The fourth-order valence-corrected chi connectivity index (χ4v) is 4.11. The molecular weight excluding hydrogens is 348 g/mol. The Labute approximate surface area is 158 Å². The quantitative estimate of drug-likeness (QED) is 0.697. The van der Waals surface area contributed by atoms with Crippen LogP contribution in [0.3, 0.4) is 0 Å². The first-order chi connectivity index (χ1) is 12.7. The largest absolute Gasteiger partial charge is 0.383 e. The third kappa shape index (κ3) is 4.45. The zero-order chi connectivity index (χ0) is 18.4. The molecule has 3 rings (SSSR count). The lowest BCUT2D eigenvalue weighted by Crippen LogP contribution is -2.43. The summed E-state index contributed by atoms with van der Waals surface area (Å²) in [5.74, 6) is 1.39. The van der Waals surface area contributed by atoms with Crippen LogP contribution in [0.25, 0.3) is 11.4 Å². The zero-order valence-corrected chi connectivity index (χ0v) is 16.2. The van der Waals surface area contributed by atoms with Crippen LogP contribution in [0.1, 0.15) is 26.2 Å². The zero-order valence-electron chi connectivity index (χ0n) is 15.4. The van der Waals surface area contributed by atoms with Crippen molar-refractivity contribution in [3.8, 4) is 11.4 Å². The number of methoxy groups -OCH3 is 1. The number of ether oxygens (including phenoxy) is 1. The van der Waals surface area contributed by atoms with Crippen molar-refractivity contribution in [2.45, 2.75) is 43.9 Å². The predicted octanol–water partition coefficient (Wildman–Crippen LogP) is 3.08. The number of nitrogens with zero attached hydrogens (tertiary/aromatic N) is 4. The van der Waals surface area contributed by atoms with Gasteiger partial charge < -0.3 is 9.64 Å². The molecule has 1 aromatic heterocycles. The Kier molecular flexibility index (Phi) is 6.68. The van der Waals surface area contributed by atoms with Crippen molar-refractivity contribution in [2.75, 3.05) is 26.0 Å². The fraction of sp³-hybridized carbons (Fsp3) is 0.526. The molecule has 2 aromatic rings. The normalized spacial score (nSPS) is 17.5. The van der Waals surface area contributed by atoms with Crippen LogP contribution in [-0.4, -0.2) is 57.6 Å². The molecule has 1 fully saturated rings. The molecule has 1 atom stereocenters. The highest BCUT2D eigenvalue weighted by Gasteiger charge is 2.24. The average molecular weight is 375 g/mol. The summed E-state index contributed by atoms with van der Waals surface area (Å²) in [6.07, 6.45) is 3.41. The summed E-state index contributed by atoms with van der Waals surface area (Å²) in [6, 6.07) is 10.3. The molecule has 26 heavy (non-hydrogen) atoms. The summed E-state index contributed by atoms with van der Waals surface area (Å²) < 4.78 is 7.27. The lowest BCUT2D eigenvalue weighted by atomic mass is 10.0. The third-order valence-corrected chi connectivity index (χ3v) is 5.67. The highest BCUT2D eigenvalue weighted by molar-refractivity contribution is 7.99. The van der Waals surface area contributed by atoms with Crippen LogP contribution in [0.2, 0.25) is 0 Å². The monoisotopic (exact) mass is 374 g/mol. The molecular formula is C19H26N4O2S. The molecule has 0 bridgehead atoms. The maximum absolute atomic E-state index is 12.6. The molecule has 1 aliphatic heterocycles. The summed E-state index contributed by atoms with van der Waals surface area (Å²) in [4.78, 5) is 14.6. The summed E-state index contributed by atoms with van der Waals surface area (Å²) in [7, 11) is 1.68. The smallest absolute Gasteiger partial charge is 0.233 e. The molecule has 1 amide bonds. The molecule has 0 spiro atoms. The minimum Gasteiger partial charge on any atom is -0.383 e. The summed E-state index contributed by atoms with van der Waals surface area (Å²) in [6.45, 7) is 4.23. The first-order valence-electron chi connectivity index (χ1n) is 9.10. The van der Waals surface area contributed by atoms with Gasteiger partial charge in [-0.25, -0.2) is 0 Å². The van der Waals surface area contributed by atoms with E-state index in [2.05, 4.69) is 17.1 Å². The van der Waals surface area contributed by atoms with E-state index in [1.54, 1.807) is 7.11 Å². The topological polar surface area (TPSA) is 60.2 Å². The molecule has 6 nitrogen and oxygen atoms in total. The minimum atomic E-state index is 0.185. The second kappa shape index (κ2) is 9.19. The number of rotatable bonds is 7. The molecule has 0 radical (unpaired) electrons. The number of likely N-dealkylation sites (tertiary alicyclic amines) is 1. The summed E-state index contributed by atoms with van der Waals surface area (Å²) in [5.41, 5.74) is 1.01. The Bertz CT molecular complexity index is 720. The van der Waals surface area contributed by atoms with Gasteiger partial charge in [-0.05, 0) is 26.2 Å². The molecule has 1 aliphatic rings. The van der Waals surface area contributed by atoms with E-state index in [-0.39, 0.29) is 5.91 Å². The lowest BCUT2D eigenvalue weighted by Gasteiger charge is -2.33. The number of piperidine rings is 1. The molecule has 7 heteroatoms. The number of hydrogen-bond donors (Lipinski definition) is 0. The van der Waals surface area contributed by atoms with Crippen LogP contribution in [0, 0.1) is 0 Å². The van der Waals surface area contributed by atoms with E-state index >= 15 is 0 Å². The van der Waals surface area contributed by atoms with Gasteiger partial charge in [0.05, 0.1) is 18.9 Å². The van der Waals surface area contributed by atoms with E-state index in [1.807, 2.05) is 39.8 Å². The summed E-state index contributed by atoms with van der Waals surface area (Å²) in [5, 5.41) is 9.45.